The Morgan fingerprint density at radius 2 is 2.23 bits per heavy atom. The minimum absolute atomic E-state index is 0.0771. The van der Waals surface area contributed by atoms with Crippen molar-refractivity contribution in [3.8, 4) is 11.9 Å². The summed E-state index contributed by atoms with van der Waals surface area (Å²) >= 11 is 0. The Bertz CT molecular complexity index is 1210. The van der Waals surface area contributed by atoms with Gasteiger partial charge in [-0.05, 0) is 60.3 Å². The summed E-state index contributed by atoms with van der Waals surface area (Å²) in [5.74, 6) is 0.361. The average molecular weight is 441 g/mol. The monoisotopic (exact) mass is 440 g/mol. The molecule has 1 aromatic carbocycles. The molecule has 0 radical (unpaired) electrons. The lowest BCUT2D eigenvalue weighted by molar-refractivity contribution is 0.224. The lowest BCUT2D eigenvalue weighted by atomic mass is 9.92. The van der Waals surface area contributed by atoms with E-state index in [1.807, 2.05) is 0 Å². The number of nitrogens with zero attached hydrogens (tertiary/aromatic N) is 3. The number of rotatable bonds is 4. The maximum Gasteiger partial charge on any atom is 0.331 e. The fourth-order valence-corrected chi connectivity index (χ4v) is 6.02. The summed E-state index contributed by atoms with van der Waals surface area (Å²) < 4.78 is 30.8. The van der Waals surface area contributed by atoms with Crippen LogP contribution in [0.4, 0.5) is 10.5 Å². The summed E-state index contributed by atoms with van der Waals surface area (Å²) in [5, 5.41) is 16.3. The van der Waals surface area contributed by atoms with Gasteiger partial charge in [-0.2, -0.15) is 10.4 Å². The highest BCUT2D eigenvalue weighted by Gasteiger charge is 2.32. The van der Waals surface area contributed by atoms with Crippen LogP contribution < -0.4 is 14.8 Å². The third kappa shape index (κ3) is 3.43. The fourth-order valence-electron chi connectivity index (χ4n) is 4.99. The van der Waals surface area contributed by atoms with Crippen molar-refractivity contribution in [1.82, 2.24) is 14.5 Å². The Morgan fingerprint density at radius 1 is 1.35 bits per heavy atom. The number of aryl methyl sites for hydroxylation is 3. The van der Waals surface area contributed by atoms with Gasteiger partial charge >= 0.3 is 6.03 Å². The number of carbonyl (C=O) groups is 1. The Hall–Kier alpha value is -3.06. The third-order valence-electron chi connectivity index (χ3n) is 6.33. The van der Waals surface area contributed by atoms with E-state index in [0.717, 1.165) is 55.3 Å². The predicted octanol–water partition coefficient (Wildman–Crippen LogP) is 3.24. The first-order valence-corrected chi connectivity index (χ1v) is 12.1. The molecule has 2 heterocycles. The molecule has 2 atom stereocenters. The van der Waals surface area contributed by atoms with E-state index in [0.29, 0.717) is 19.6 Å². The molecular formula is C21H24N6O3S. The van der Waals surface area contributed by atoms with Crippen molar-refractivity contribution in [2.24, 2.45) is 0 Å². The number of carbonyl (C=O) groups excluding carboxylic acids is 1. The molecule has 162 valence electrons. The van der Waals surface area contributed by atoms with E-state index in [2.05, 4.69) is 27.3 Å². The molecule has 0 fully saturated rings. The third-order valence-corrected chi connectivity index (χ3v) is 7.70. The molecule has 0 saturated heterocycles. The van der Waals surface area contributed by atoms with Gasteiger partial charge in [0, 0.05) is 25.1 Å². The molecule has 1 aliphatic heterocycles. The van der Waals surface area contributed by atoms with E-state index < -0.39 is 15.9 Å². The van der Waals surface area contributed by atoms with Crippen LogP contribution in [0, 0.1) is 16.1 Å². The summed E-state index contributed by atoms with van der Waals surface area (Å²) in [6.45, 7) is 1.09. The molecule has 0 bridgehead atoms. The summed E-state index contributed by atoms with van der Waals surface area (Å²) in [6, 6.07) is 3.79. The quantitative estimate of drug-likeness (QED) is 0.671. The second-order valence-electron chi connectivity index (χ2n) is 8.26. The van der Waals surface area contributed by atoms with Crippen LogP contribution >= 0.6 is 0 Å². The van der Waals surface area contributed by atoms with E-state index in [4.69, 9.17) is 9.52 Å². The summed E-state index contributed by atoms with van der Waals surface area (Å²) in [4.78, 5) is 13.0. The highest BCUT2D eigenvalue weighted by Crippen LogP contribution is 2.45. The zero-order valence-corrected chi connectivity index (χ0v) is 17.9. The number of benzene rings is 1. The Labute approximate surface area is 180 Å². The Morgan fingerprint density at radius 3 is 3.06 bits per heavy atom. The van der Waals surface area contributed by atoms with Crippen molar-refractivity contribution in [2.45, 2.75) is 62.3 Å². The molecule has 1 aromatic heterocycles. The van der Waals surface area contributed by atoms with Crippen molar-refractivity contribution >= 4 is 21.6 Å². The summed E-state index contributed by atoms with van der Waals surface area (Å²) in [5.41, 5.74) is 5.28. The molecule has 0 unspecified atom stereocenters. The van der Waals surface area contributed by atoms with Gasteiger partial charge in [-0.1, -0.05) is 6.07 Å². The summed E-state index contributed by atoms with van der Waals surface area (Å²) in [7, 11) is -3.65. The van der Waals surface area contributed by atoms with Crippen molar-refractivity contribution in [2.75, 3.05) is 11.9 Å². The van der Waals surface area contributed by atoms with Crippen LogP contribution in [0.2, 0.25) is 0 Å². The number of hydrogen-bond acceptors (Lipinski definition) is 6. The SMILES string of the molecule is N#CC[C@@H]1CCc2cc3c(c(NC(=O)N[S@](=N)(=O)c4cnn5c4OCCC5)c21)CCC3. The molecule has 2 aliphatic carbocycles. The molecule has 10 heteroatoms. The van der Waals surface area contributed by atoms with Gasteiger partial charge in [0.15, 0.2) is 9.92 Å². The molecule has 5 rings (SSSR count). The van der Waals surface area contributed by atoms with Gasteiger partial charge in [-0.25, -0.2) is 23.2 Å². The number of anilines is 1. The Kier molecular flexibility index (Phi) is 4.85. The average Bonchev–Trinajstić information content (AvgIpc) is 3.46. The molecule has 3 N–H and O–H groups in total. The largest absolute Gasteiger partial charge is 0.477 e. The van der Waals surface area contributed by atoms with Crippen molar-refractivity contribution in [3.63, 3.8) is 0 Å². The first-order chi connectivity index (χ1) is 15.0. The van der Waals surface area contributed by atoms with Crippen LogP contribution in [0.15, 0.2) is 17.2 Å². The number of nitriles is 1. The van der Waals surface area contributed by atoms with Gasteiger partial charge < -0.3 is 10.1 Å². The van der Waals surface area contributed by atoms with E-state index in [1.165, 1.54) is 17.3 Å². The van der Waals surface area contributed by atoms with Gasteiger partial charge in [0.2, 0.25) is 5.88 Å². The van der Waals surface area contributed by atoms with Gasteiger partial charge in [0.25, 0.3) is 0 Å². The van der Waals surface area contributed by atoms with Crippen LogP contribution in [0.1, 0.15) is 53.9 Å². The van der Waals surface area contributed by atoms with E-state index >= 15 is 0 Å². The van der Waals surface area contributed by atoms with E-state index in [1.54, 1.807) is 4.68 Å². The highest BCUT2D eigenvalue weighted by atomic mass is 32.2. The maximum atomic E-state index is 13.1. The second-order valence-corrected chi connectivity index (χ2v) is 10.0. The number of amides is 2. The van der Waals surface area contributed by atoms with Crippen LogP contribution in [0.25, 0.3) is 0 Å². The zero-order chi connectivity index (χ0) is 21.6. The highest BCUT2D eigenvalue weighted by molar-refractivity contribution is 7.91. The molecule has 31 heavy (non-hydrogen) atoms. The van der Waals surface area contributed by atoms with Crippen molar-refractivity contribution < 1.29 is 13.7 Å². The topological polar surface area (TPSA) is 133 Å². The number of aromatic nitrogens is 2. The normalized spacial score (nSPS) is 20.5. The minimum Gasteiger partial charge on any atom is -0.477 e. The first-order valence-electron chi connectivity index (χ1n) is 10.6. The number of fused-ring (bicyclic) bond motifs is 3. The number of ether oxygens (including phenoxy) is 1. The predicted molar refractivity (Wildman–Crippen MR) is 113 cm³/mol. The standard InChI is InChI=1S/C21H24N6O3S/c22-8-7-13-5-6-15-11-14-3-1-4-16(14)19(18(13)15)25-21(28)26-31(23,29)17-12-24-27-9-2-10-30-20(17)27/h11-13H,1-7,9-10H2,(H3,23,25,26,28,29)/t13-,31-/m0/s1. The van der Waals surface area contributed by atoms with Gasteiger partial charge in [-0.3, -0.25) is 0 Å². The number of urea groups is 1. The van der Waals surface area contributed by atoms with Crippen molar-refractivity contribution in [1.29, 1.82) is 10.0 Å². The maximum absolute atomic E-state index is 13.1. The molecule has 9 nitrogen and oxygen atoms in total. The molecule has 3 aliphatic rings. The van der Waals surface area contributed by atoms with Crippen LogP contribution in [-0.2, 0) is 35.7 Å². The number of hydrogen-bond donors (Lipinski definition) is 3. The lowest BCUT2D eigenvalue weighted by Crippen LogP contribution is -2.34. The van der Waals surface area contributed by atoms with Crippen LogP contribution in [0.3, 0.4) is 0 Å². The molecule has 2 amide bonds. The molecular weight excluding hydrogens is 416 g/mol. The lowest BCUT2D eigenvalue weighted by Gasteiger charge is -2.20. The van der Waals surface area contributed by atoms with Crippen LogP contribution in [0.5, 0.6) is 5.88 Å². The van der Waals surface area contributed by atoms with E-state index in [9.17, 15) is 14.3 Å². The van der Waals surface area contributed by atoms with Gasteiger partial charge in [0.1, 0.15) is 4.90 Å². The molecule has 2 aromatic rings. The molecule has 0 spiro atoms. The minimum atomic E-state index is -3.65. The summed E-state index contributed by atoms with van der Waals surface area (Å²) in [6.07, 6.45) is 7.14. The van der Waals surface area contributed by atoms with E-state index in [-0.39, 0.29) is 16.7 Å². The fraction of sp³-hybridized carbons (Fsp3) is 0.476. The Balaban J connectivity index is 1.44. The smallest absolute Gasteiger partial charge is 0.331 e. The van der Waals surface area contributed by atoms with Gasteiger partial charge in [0.05, 0.1) is 18.9 Å². The second kappa shape index (κ2) is 7.57. The van der Waals surface area contributed by atoms with Crippen molar-refractivity contribution in [3.05, 3.63) is 34.5 Å². The number of nitrogens with one attached hydrogen (secondary N) is 3. The van der Waals surface area contributed by atoms with Crippen LogP contribution in [-0.4, -0.2) is 26.6 Å². The molecule has 0 saturated carbocycles. The van der Waals surface area contributed by atoms with Gasteiger partial charge in [-0.15, -0.1) is 0 Å². The first kappa shape index (κ1) is 19.9. The zero-order valence-electron chi connectivity index (χ0n) is 17.1.